The van der Waals surface area contributed by atoms with Crippen molar-refractivity contribution in [2.45, 2.75) is 20.4 Å². The number of hydrogen-bond acceptors (Lipinski definition) is 2. The third kappa shape index (κ3) is 3.85. The highest BCUT2D eigenvalue weighted by Gasteiger charge is 2.16. The van der Waals surface area contributed by atoms with Crippen LogP contribution in [0.1, 0.15) is 28.4 Å². The summed E-state index contributed by atoms with van der Waals surface area (Å²) in [7, 11) is 0. The van der Waals surface area contributed by atoms with Gasteiger partial charge in [0.25, 0.3) is 5.91 Å². The number of carbonyl (C=O) groups excluding carboxylic acids is 1. The highest BCUT2D eigenvalue weighted by molar-refractivity contribution is 9.10. The number of nitrogen functional groups attached to an aromatic ring is 1. The van der Waals surface area contributed by atoms with Gasteiger partial charge in [0.05, 0.1) is 0 Å². The molecule has 0 saturated carbocycles. The van der Waals surface area contributed by atoms with E-state index in [1.165, 1.54) is 0 Å². The molecule has 110 valence electrons. The molecule has 0 spiro atoms. The lowest BCUT2D eigenvalue weighted by atomic mass is 10.1. The Morgan fingerprint density at radius 1 is 1.24 bits per heavy atom. The zero-order chi connectivity index (χ0) is 15.4. The highest BCUT2D eigenvalue weighted by atomic mass is 79.9. The molecular formula is C17H19BrN2O. The Kier molecular flexibility index (Phi) is 5.02. The molecule has 0 aromatic heterocycles. The van der Waals surface area contributed by atoms with Crippen LogP contribution in [0.2, 0.25) is 0 Å². The third-order valence-corrected chi connectivity index (χ3v) is 3.91. The van der Waals surface area contributed by atoms with Gasteiger partial charge in [-0.3, -0.25) is 4.79 Å². The number of nitrogens with zero attached hydrogens (tertiary/aromatic N) is 1. The maximum absolute atomic E-state index is 12.7. The van der Waals surface area contributed by atoms with Gasteiger partial charge in [-0.15, -0.1) is 0 Å². The second kappa shape index (κ2) is 6.76. The van der Waals surface area contributed by atoms with Crippen molar-refractivity contribution in [3.05, 3.63) is 63.6 Å². The van der Waals surface area contributed by atoms with Crippen LogP contribution in [0.5, 0.6) is 0 Å². The van der Waals surface area contributed by atoms with Crippen LogP contribution in [0.3, 0.4) is 0 Å². The van der Waals surface area contributed by atoms with Gasteiger partial charge in [0.15, 0.2) is 0 Å². The van der Waals surface area contributed by atoms with Gasteiger partial charge in [-0.2, -0.15) is 0 Å². The van der Waals surface area contributed by atoms with E-state index in [1.807, 2.05) is 61.2 Å². The Hall–Kier alpha value is -1.81. The first-order valence-corrected chi connectivity index (χ1v) is 7.70. The Morgan fingerprint density at radius 2 is 2.00 bits per heavy atom. The number of halogens is 1. The number of carbonyl (C=O) groups is 1. The molecule has 2 rings (SSSR count). The van der Waals surface area contributed by atoms with Gasteiger partial charge in [0.1, 0.15) is 0 Å². The van der Waals surface area contributed by atoms with Crippen molar-refractivity contribution in [1.82, 2.24) is 4.90 Å². The fourth-order valence-corrected chi connectivity index (χ4v) is 2.75. The van der Waals surface area contributed by atoms with Crippen LogP contribution in [-0.2, 0) is 6.54 Å². The maximum atomic E-state index is 12.7. The molecule has 0 saturated heterocycles. The standard InChI is InChI=1S/C17H19BrN2O/c1-3-20(11-13-5-4-6-15(19)10-13)17(21)16-8-7-14(18)9-12(16)2/h4-10H,3,11,19H2,1-2H3. The minimum Gasteiger partial charge on any atom is -0.399 e. The van der Waals surface area contributed by atoms with Crippen LogP contribution in [0, 0.1) is 6.92 Å². The molecule has 0 heterocycles. The number of rotatable bonds is 4. The van der Waals surface area contributed by atoms with Crippen LogP contribution < -0.4 is 5.73 Å². The predicted molar refractivity (Wildman–Crippen MR) is 90.1 cm³/mol. The van der Waals surface area contributed by atoms with E-state index in [4.69, 9.17) is 5.73 Å². The zero-order valence-electron chi connectivity index (χ0n) is 12.3. The molecule has 0 aliphatic carbocycles. The number of benzene rings is 2. The number of amides is 1. The number of nitrogens with two attached hydrogens (primary N) is 1. The third-order valence-electron chi connectivity index (χ3n) is 3.41. The Labute approximate surface area is 133 Å². The van der Waals surface area contributed by atoms with Crippen molar-refractivity contribution in [2.24, 2.45) is 0 Å². The smallest absolute Gasteiger partial charge is 0.254 e. The molecule has 0 unspecified atom stereocenters. The molecule has 2 aromatic rings. The van der Waals surface area contributed by atoms with Crippen molar-refractivity contribution in [2.75, 3.05) is 12.3 Å². The second-order valence-electron chi connectivity index (χ2n) is 5.02. The summed E-state index contributed by atoms with van der Waals surface area (Å²) < 4.78 is 0.982. The van der Waals surface area contributed by atoms with E-state index >= 15 is 0 Å². The van der Waals surface area contributed by atoms with Gasteiger partial charge >= 0.3 is 0 Å². The average Bonchev–Trinajstić information content (AvgIpc) is 2.44. The van der Waals surface area contributed by atoms with Gasteiger partial charge in [-0.25, -0.2) is 0 Å². The van der Waals surface area contributed by atoms with Gasteiger partial charge in [-0.05, 0) is 55.3 Å². The predicted octanol–water partition coefficient (Wildman–Crippen LogP) is 4.00. The molecule has 0 atom stereocenters. The Morgan fingerprint density at radius 3 is 2.62 bits per heavy atom. The number of anilines is 1. The van der Waals surface area contributed by atoms with E-state index in [0.717, 1.165) is 26.9 Å². The SMILES string of the molecule is CCN(Cc1cccc(N)c1)C(=O)c1ccc(Br)cc1C. The number of hydrogen-bond donors (Lipinski definition) is 1. The zero-order valence-corrected chi connectivity index (χ0v) is 13.9. The highest BCUT2D eigenvalue weighted by Crippen LogP contribution is 2.19. The van der Waals surface area contributed by atoms with Crippen LogP contribution in [-0.4, -0.2) is 17.4 Å². The lowest BCUT2D eigenvalue weighted by Gasteiger charge is -2.22. The van der Waals surface area contributed by atoms with E-state index in [0.29, 0.717) is 13.1 Å². The molecule has 1 amide bonds. The summed E-state index contributed by atoms with van der Waals surface area (Å²) in [5.74, 6) is 0.0462. The second-order valence-corrected chi connectivity index (χ2v) is 5.94. The number of aryl methyl sites for hydroxylation is 1. The van der Waals surface area contributed by atoms with E-state index < -0.39 is 0 Å². The van der Waals surface area contributed by atoms with Crippen molar-refractivity contribution in [3.63, 3.8) is 0 Å². The van der Waals surface area contributed by atoms with Gasteiger partial charge in [0, 0.05) is 28.8 Å². The van der Waals surface area contributed by atoms with Gasteiger partial charge in [-0.1, -0.05) is 28.1 Å². The average molecular weight is 347 g/mol. The maximum Gasteiger partial charge on any atom is 0.254 e. The van der Waals surface area contributed by atoms with Gasteiger partial charge in [0.2, 0.25) is 0 Å². The fourth-order valence-electron chi connectivity index (χ4n) is 2.28. The van der Waals surface area contributed by atoms with Crippen LogP contribution >= 0.6 is 15.9 Å². The molecule has 2 N–H and O–H groups in total. The molecule has 2 aromatic carbocycles. The molecule has 0 bridgehead atoms. The molecule has 4 heteroatoms. The molecular weight excluding hydrogens is 328 g/mol. The summed E-state index contributed by atoms with van der Waals surface area (Å²) in [6.45, 7) is 5.16. The Balaban J connectivity index is 2.22. The summed E-state index contributed by atoms with van der Waals surface area (Å²) in [6.07, 6.45) is 0. The summed E-state index contributed by atoms with van der Waals surface area (Å²) >= 11 is 3.42. The van der Waals surface area contributed by atoms with E-state index in [-0.39, 0.29) is 5.91 Å². The molecule has 21 heavy (non-hydrogen) atoms. The Bertz CT molecular complexity index is 655. The summed E-state index contributed by atoms with van der Waals surface area (Å²) in [5.41, 5.74) is 9.27. The normalized spacial score (nSPS) is 10.4. The van der Waals surface area contributed by atoms with Crippen LogP contribution in [0.15, 0.2) is 46.9 Å². The van der Waals surface area contributed by atoms with Gasteiger partial charge < -0.3 is 10.6 Å². The lowest BCUT2D eigenvalue weighted by Crippen LogP contribution is -2.30. The van der Waals surface area contributed by atoms with E-state index in [2.05, 4.69) is 15.9 Å². The molecule has 0 aliphatic heterocycles. The minimum atomic E-state index is 0.0462. The van der Waals surface area contributed by atoms with Crippen molar-refractivity contribution in [1.29, 1.82) is 0 Å². The largest absolute Gasteiger partial charge is 0.399 e. The van der Waals surface area contributed by atoms with E-state index in [1.54, 1.807) is 0 Å². The van der Waals surface area contributed by atoms with Crippen molar-refractivity contribution in [3.8, 4) is 0 Å². The molecule has 0 radical (unpaired) electrons. The van der Waals surface area contributed by atoms with Crippen molar-refractivity contribution < 1.29 is 4.79 Å². The first kappa shape index (κ1) is 15.6. The first-order chi connectivity index (χ1) is 10.0. The van der Waals surface area contributed by atoms with E-state index in [9.17, 15) is 4.79 Å². The molecule has 3 nitrogen and oxygen atoms in total. The van der Waals surface area contributed by atoms with Crippen LogP contribution in [0.25, 0.3) is 0 Å². The monoisotopic (exact) mass is 346 g/mol. The molecule has 0 fully saturated rings. The quantitative estimate of drug-likeness (QED) is 0.850. The first-order valence-electron chi connectivity index (χ1n) is 6.91. The minimum absolute atomic E-state index is 0.0462. The van der Waals surface area contributed by atoms with Crippen molar-refractivity contribution >= 4 is 27.5 Å². The fraction of sp³-hybridized carbons (Fsp3) is 0.235. The lowest BCUT2D eigenvalue weighted by molar-refractivity contribution is 0.0752. The molecule has 0 aliphatic rings. The summed E-state index contributed by atoms with van der Waals surface area (Å²) in [5, 5.41) is 0. The summed E-state index contributed by atoms with van der Waals surface area (Å²) in [6, 6.07) is 13.4. The van der Waals surface area contributed by atoms with Crippen LogP contribution in [0.4, 0.5) is 5.69 Å². The summed E-state index contributed by atoms with van der Waals surface area (Å²) in [4.78, 5) is 14.5. The topological polar surface area (TPSA) is 46.3 Å².